The molecule has 1 aliphatic heterocycles. The summed E-state index contributed by atoms with van der Waals surface area (Å²) in [5.74, 6) is 1.03. The van der Waals surface area contributed by atoms with Crippen molar-refractivity contribution in [2.45, 2.75) is 53.0 Å². The van der Waals surface area contributed by atoms with Gasteiger partial charge in [-0.15, -0.1) is 0 Å². The summed E-state index contributed by atoms with van der Waals surface area (Å²) in [6.45, 7) is 8.88. The van der Waals surface area contributed by atoms with Crippen molar-refractivity contribution in [2.75, 3.05) is 32.8 Å². The van der Waals surface area contributed by atoms with Crippen LogP contribution in [0, 0.1) is 17.8 Å². The van der Waals surface area contributed by atoms with Crippen LogP contribution in [0.1, 0.15) is 46.5 Å². The summed E-state index contributed by atoms with van der Waals surface area (Å²) >= 11 is 0. The van der Waals surface area contributed by atoms with Crippen molar-refractivity contribution < 1.29 is 14.3 Å². The molecular weight excluding hydrogens is 448 g/mol. The van der Waals surface area contributed by atoms with Crippen LogP contribution in [0.15, 0.2) is 27.8 Å². The zero-order chi connectivity index (χ0) is 25.1. The van der Waals surface area contributed by atoms with Crippen molar-refractivity contribution in [3.8, 4) is 5.75 Å². The number of carbonyl (C=O) groups is 2. The molecule has 190 valence electrons. The van der Waals surface area contributed by atoms with Gasteiger partial charge in [-0.2, -0.15) is 0 Å². The zero-order valence-electron chi connectivity index (χ0n) is 20.9. The largest absolute Gasteiger partial charge is 0.494 e. The predicted octanol–water partition coefficient (Wildman–Crippen LogP) is 2.22. The van der Waals surface area contributed by atoms with Crippen LogP contribution in [0.2, 0.25) is 0 Å². The third-order valence-electron chi connectivity index (χ3n) is 7.30. The van der Waals surface area contributed by atoms with Crippen molar-refractivity contribution in [3.05, 3.63) is 39.0 Å². The molecule has 4 rings (SSSR count). The van der Waals surface area contributed by atoms with Gasteiger partial charge in [-0.05, 0) is 56.7 Å². The SMILES string of the molecule is CCOc1ccc2[nH]c(=O)n(C[C@H]3CC[C@H](C(=O)N4CCN(C(=O)C(C)C)CC4)CC3)c(=O)c2c1. The number of rotatable bonds is 6. The minimum absolute atomic E-state index is 0.0263. The van der Waals surface area contributed by atoms with E-state index < -0.39 is 5.69 Å². The lowest BCUT2D eigenvalue weighted by Gasteiger charge is -2.38. The van der Waals surface area contributed by atoms with Gasteiger partial charge in [-0.1, -0.05) is 13.8 Å². The average molecular weight is 485 g/mol. The Hall–Kier alpha value is -3.10. The Kier molecular flexibility index (Phi) is 7.62. The van der Waals surface area contributed by atoms with Crippen LogP contribution in [-0.2, 0) is 16.1 Å². The smallest absolute Gasteiger partial charge is 0.328 e. The fourth-order valence-corrected chi connectivity index (χ4v) is 5.27. The quantitative estimate of drug-likeness (QED) is 0.677. The van der Waals surface area contributed by atoms with E-state index in [2.05, 4.69) is 4.98 Å². The van der Waals surface area contributed by atoms with E-state index in [0.717, 1.165) is 25.7 Å². The minimum atomic E-state index is -0.404. The number of ether oxygens (including phenoxy) is 1. The van der Waals surface area contributed by atoms with Crippen LogP contribution >= 0.6 is 0 Å². The summed E-state index contributed by atoms with van der Waals surface area (Å²) in [4.78, 5) is 57.5. The first kappa shape index (κ1) is 25.0. The normalized spacial score (nSPS) is 20.9. The van der Waals surface area contributed by atoms with Crippen molar-refractivity contribution >= 4 is 22.7 Å². The second kappa shape index (κ2) is 10.7. The molecule has 2 fully saturated rings. The maximum atomic E-state index is 13.1. The highest BCUT2D eigenvalue weighted by Crippen LogP contribution is 2.31. The lowest BCUT2D eigenvalue weighted by molar-refractivity contribution is -0.144. The number of hydrogen-bond acceptors (Lipinski definition) is 5. The van der Waals surface area contributed by atoms with E-state index in [1.54, 1.807) is 18.2 Å². The fourth-order valence-electron chi connectivity index (χ4n) is 5.27. The molecule has 0 radical (unpaired) electrons. The minimum Gasteiger partial charge on any atom is -0.494 e. The highest BCUT2D eigenvalue weighted by molar-refractivity contribution is 5.81. The van der Waals surface area contributed by atoms with E-state index in [1.165, 1.54) is 4.57 Å². The first-order valence-corrected chi connectivity index (χ1v) is 12.8. The number of carbonyl (C=O) groups excluding carboxylic acids is 2. The Morgan fingerprint density at radius 1 is 1.03 bits per heavy atom. The molecule has 0 unspecified atom stereocenters. The molecule has 1 N–H and O–H groups in total. The zero-order valence-corrected chi connectivity index (χ0v) is 20.9. The van der Waals surface area contributed by atoms with Gasteiger partial charge >= 0.3 is 5.69 Å². The molecule has 9 nitrogen and oxygen atoms in total. The Bertz CT molecular complexity index is 1180. The molecule has 9 heteroatoms. The molecular formula is C26H36N4O5. The van der Waals surface area contributed by atoms with E-state index >= 15 is 0 Å². The number of nitrogens with zero attached hydrogens (tertiary/aromatic N) is 3. The summed E-state index contributed by atoms with van der Waals surface area (Å²) in [7, 11) is 0. The van der Waals surface area contributed by atoms with Crippen LogP contribution < -0.4 is 16.0 Å². The van der Waals surface area contributed by atoms with Gasteiger partial charge in [0.05, 0.1) is 17.5 Å². The highest BCUT2D eigenvalue weighted by Gasteiger charge is 2.32. The van der Waals surface area contributed by atoms with Gasteiger partial charge in [0.15, 0.2) is 0 Å². The summed E-state index contributed by atoms with van der Waals surface area (Å²) < 4.78 is 6.79. The van der Waals surface area contributed by atoms with Gasteiger partial charge in [0, 0.05) is 44.6 Å². The molecule has 1 saturated heterocycles. The number of fused-ring (bicyclic) bond motifs is 1. The molecule has 2 amide bonds. The van der Waals surface area contributed by atoms with E-state index in [1.807, 2.05) is 30.6 Å². The number of H-pyrrole nitrogens is 1. The lowest BCUT2D eigenvalue weighted by Crippen LogP contribution is -2.53. The van der Waals surface area contributed by atoms with E-state index in [-0.39, 0.29) is 35.1 Å². The van der Waals surface area contributed by atoms with E-state index in [9.17, 15) is 19.2 Å². The first-order valence-electron chi connectivity index (χ1n) is 12.8. The summed E-state index contributed by atoms with van der Waals surface area (Å²) in [6, 6.07) is 5.12. The molecule has 1 aromatic carbocycles. The number of benzene rings is 1. The number of nitrogens with one attached hydrogen (secondary N) is 1. The van der Waals surface area contributed by atoms with Gasteiger partial charge in [0.1, 0.15) is 5.75 Å². The van der Waals surface area contributed by atoms with Crippen molar-refractivity contribution in [1.29, 1.82) is 0 Å². The maximum absolute atomic E-state index is 13.1. The Morgan fingerprint density at radius 3 is 2.31 bits per heavy atom. The second-order valence-corrected chi connectivity index (χ2v) is 10.0. The van der Waals surface area contributed by atoms with Gasteiger partial charge < -0.3 is 19.5 Å². The highest BCUT2D eigenvalue weighted by atomic mass is 16.5. The monoisotopic (exact) mass is 484 g/mol. The molecule has 0 spiro atoms. The molecule has 0 bridgehead atoms. The number of piperazine rings is 1. The maximum Gasteiger partial charge on any atom is 0.328 e. The van der Waals surface area contributed by atoms with Crippen molar-refractivity contribution in [1.82, 2.24) is 19.4 Å². The second-order valence-electron chi connectivity index (χ2n) is 10.0. The molecule has 1 aromatic heterocycles. The third-order valence-corrected chi connectivity index (χ3v) is 7.30. The van der Waals surface area contributed by atoms with Crippen LogP contribution in [-0.4, -0.2) is 64.0 Å². The van der Waals surface area contributed by atoms with Crippen molar-refractivity contribution in [2.24, 2.45) is 17.8 Å². The topological polar surface area (TPSA) is 105 Å². The Balaban J connectivity index is 1.35. The van der Waals surface area contributed by atoms with Gasteiger partial charge in [-0.25, -0.2) is 4.79 Å². The number of hydrogen-bond donors (Lipinski definition) is 1. The number of aromatic nitrogens is 2. The molecule has 0 atom stereocenters. The van der Waals surface area contributed by atoms with Gasteiger partial charge in [0.25, 0.3) is 5.56 Å². The standard InChI is InChI=1S/C26H36N4O5/c1-4-35-20-9-10-22-21(15-20)25(33)30(26(34)27-22)16-18-5-7-19(8-6-18)24(32)29-13-11-28(12-14-29)23(31)17(2)3/h9-10,15,17-19H,4-8,11-14,16H2,1-3H3,(H,27,34)/t18-,19-. The summed E-state index contributed by atoms with van der Waals surface area (Å²) in [5.41, 5.74) is -0.208. The average Bonchev–Trinajstić information content (AvgIpc) is 2.86. The third kappa shape index (κ3) is 5.44. The molecule has 35 heavy (non-hydrogen) atoms. The first-order chi connectivity index (χ1) is 16.8. The Morgan fingerprint density at radius 2 is 1.69 bits per heavy atom. The summed E-state index contributed by atoms with van der Waals surface area (Å²) in [5, 5.41) is 0.439. The van der Waals surface area contributed by atoms with Crippen LogP contribution in [0.5, 0.6) is 5.75 Å². The molecule has 1 saturated carbocycles. The number of amides is 2. The summed E-state index contributed by atoms with van der Waals surface area (Å²) in [6.07, 6.45) is 3.10. The van der Waals surface area contributed by atoms with Gasteiger partial charge in [0.2, 0.25) is 11.8 Å². The Labute approximate surface area is 205 Å². The predicted molar refractivity (Wildman–Crippen MR) is 133 cm³/mol. The van der Waals surface area contributed by atoms with Crippen LogP contribution in [0.25, 0.3) is 10.9 Å². The molecule has 2 heterocycles. The number of aromatic amines is 1. The van der Waals surface area contributed by atoms with Crippen LogP contribution in [0.3, 0.4) is 0 Å². The lowest BCUT2D eigenvalue weighted by atomic mass is 9.81. The van der Waals surface area contributed by atoms with E-state index in [4.69, 9.17) is 4.74 Å². The molecule has 1 aliphatic carbocycles. The molecule has 2 aromatic rings. The van der Waals surface area contributed by atoms with E-state index in [0.29, 0.717) is 56.0 Å². The van der Waals surface area contributed by atoms with Crippen molar-refractivity contribution in [3.63, 3.8) is 0 Å². The van der Waals surface area contributed by atoms with Crippen LogP contribution in [0.4, 0.5) is 0 Å². The fraction of sp³-hybridized carbons (Fsp3) is 0.615. The molecule has 2 aliphatic rings. The van der Waals surface area contributed by atoms with Gasteiger partial charge in [-0.3, -0.25) is 19.0 Å².